The van der Waals surface area contributed by atoms with Crippen LogP contribution in [0.5, 0.6) is 5.75 Å². The van der Waals surface area contributed by atoms with Gasteiger partial charge in [0.15, 0.2) is 0 Å². The molecule has 1 saturated carbocycles. The van der Waals surface area contributed by atoms with Gasteiger partial charge in [-0.3, -0.25) is 4.79 Å². The van der Waals surface area contributed by atoms with Crippen molar-refractivity contribution in [1.29, 1.82) is 0 Å². The van der Waals surface area contributed by atoms with Crippen molar-refractivity contribution in [3.63, 3.8) is 0 Å². The molecular formula is C14H18O3S. The van der Waals surface area contributed by atoms with Gasteiger partial charge in [-0.2, -0.15) is 0 Å². The number of aliphatic carboxylic acids is 1. The van der Waals surface area contributed by atoms with Crippen LogP contribution in [0.3, 0.4) is 0 Å². The molecule has 0 heterocycles. The number of para-hydroxylation sites is 1. The molecule has 0 radical (unpaired) electrons. The standard InChI is InChI=1S/C14H18O3S/c1-17-14-10(4-3-5-12(14)18-2)11(8-13(15)16)9-6-7-9/h3-5,9,11H,6-8H2,1-2H3,(H,15,16). The summed E-state index contributed by atoms with van der Waals surface area (Å²) in [6, 6.07) is 6.00. The second-order valence-corrected chi connectivity index (χ2v) is 5.47. The minimum atomic E-state index is -0.733. The average molecular weight is 266 g/mol. The predicted octanol–water partition coefficient (Wildman–Crippen LogP) is 3.39. The largest absolute Gasteiger partial charge is 0.495 e. The summed E-state index contributed by atoms with van der Waals surface area (Å²) in [4.78, 5) is 12.1. The van der Waals surface area contributed by atoms with Crippen LogP contribution >= 0.6 is 11.8 Å². The summed E-state index contributed by atoms with van der Waals surface area (Å²) in [5, 5.41) is 9.07. The molecule has 18 heavy (non-hydrogen) atoms. The Kier molecular flexibility index (Phi) is 4.17. The molecule has 1 N–H and O–H groups in total. The van der Waals surface area contributed by atoms with E-state index >= 15 is 0 Å². The van der Waals surface area contributed by atoms with Crippen LogP contribution in [-0.2, 0) is 4.79 Å². The molecule has 1 atom stereocenters. The van der Waals surface area contributed by atoms with Gasteiger partial charge in [0.2, 0.25) is 0 Å². The number of ether oxygens (including phenoxy) is 1. The Hall–Kier alpha value is -1.16. The number of methoxy groups -OCH3 is 1. The molecule has 0 aromatic heterocycles. The summed E-state index contributed by atoms with van der Waals surface area (Å²) in [6.45, 7) is 0. The number of carbonyl (C=O) groups is 1. The molecule has 1 fully saturated rings. The smallest absolute Gasteiger partial charge is 0.303 e. The van der Waals surface area contributed by atoms with E-state index in [1.807, 2.05) is 24.5 Å². The molecule has 2 rings (SSSR count). The van der Waals surface area contributed by atoms with Crippen molar-refractivity contribution < 1.29 is 14.6 Å². The molecule has 0 saturated heterocycles. The number of benzene rings is 1. The number of carboxylic acids is 1. The number of thioether (sulfide) groups is 1. The Balaban J connectivity index is 2.36. The fraction of sp³-hybridized carbons (Fsp3) is 0.500. The summed E-state index contributed by atoms with van der Waals surface area (Å²) < 4.78 is 5.49. The van der Waals surface area contributed by atoms with Gasteiger partial charge in [0.05, 0.1) is 13.5 Å². The highest BCUT2D eigenvalue weighted by atomic mass is 32.2. The van der Waals surface area contributed by atoms with Crippen molar-refractivity contribution in [3.8, 4) is 5.75 Å². The van der Waals surface area contributed by atoms with Crippen LogP contribution < -0.4 is 4.74 Å². The van der Waals surface area contributed by atoms with Crippen molar-refractivity contribution in [3.05, 3.63) is 23.8 Å². The van der Waals surface area contributed by atoms with Gasteiger partial charge in [0.1, 0.15) is 5.75 Å². The first-order valence-electron chi connectivity index (χ1n) is 6.10. The van der Waals surface area contributed by atoms with Crippen LogP contribution in [-0.4, -0.2) is 24.4 Å². The third-order valence-electron chi connectivity index (χ3n) is 3.42. The number of carboxylic acid groups (broad SMARTS) is 1. The molecule has 0 amide bonds. The third kappa shape index (κ3) is 2.80. The first kappa shape index (κ1) is 13.3. The van der Waals surface area contributed by atoms with Gasteiger partial charge in [0.25, 0.3) is 0 Å². The van der Waals surface area contributed by atoms with E-state index < -0.39 is 5.97 Å². The topological polar surface area (TPSA) is 46.5 Å². The molecule has 0 aliphatic heterocycles. The second-order valence-electron chi connectivity index (χ2n) is 4.62. The van der Waals surface area contributed by atoms with Crippen LogP contribution in [0.1, 0.15) is 30.7 Å². The maximum absolute atomic E-state index is 11.0. The summed E-state index contributed by atoms with van der Waals surface area (Å²) >= 11 is 1.63. The quantitative estimate of drug-likeness (QED) is 0.802. The number of hydrogen-bond donors (Lipinski definition) is 1. The van der Waals surface area contributed by atoms with E-state index in [9.17, 15) is 4.79 Å². The zero-order valence-electron chi connectivity index (χ0n) is 10.7. The van der Waals surface area contributed by atoms with E-state index in [0.29, 0.717) is 5.92 Å². The summed E-state index contributed by atoms with van der Waals surface area (Å²) in [5.74, 6) is 0.711. The average Bonchev–Trinajstić information content (AvgIpc) is 3.18. The molecular weight excluding hydrogens is 248 g/mol. The molecule has 0 spiro atoms. The van der Waals surface area contributed by atoms with Crippen molar-refractivity contribution in [2.45, 2.75) is 30.1 Å². The predicted molar refractivity (Wildman–Crippen MR) is 72.5 cm³/mol. The molecule has 4 heteroatoms. The Labute approximate surface area is 112 Å². The molecule has 1 unspecified atom stereocenters. The van der Waals surface area contributed by atoms with Crippen LogP contribution in [0.15, 0.2) is 23.1 Å². The van der Waals surface area contributed by atoms with E-state index in [4.69, 9.17) is 9.84 Å². The Morgan fingerprint density at radius 2 is 2.28 bits per heavy atom. The molecule has 3 nitrogen and oxygen atoms in total. The lowest BCUT2D eigenvalue weighted by atomic mass is 9.90. The van der Waals surface area contributed by atoms with Crippen LogP contribution in [0.25, 0.3) is 0 Å². The van der Waals surface area contributed by atoms with Crippen molar-refractivity contribution >= 4 is 17.7 Å². The van der Waals surface area contributed by atoms with Gasteiger partial charge in [-0.1, -0.05) is 12.1 Å². The highest BCUT2D eigenvalue weighted by Crippen LogP contribution is 2.48. The number of hydrogen-bond acceptors (Lipinski definition) is 3. The van der Waals surface area contributed by atoms with Crippen molar-refractivity contribution in [1.82, 2.24) is 0 Å². The van der Waals surface area contributed by atoms with Gasteiger partial charge in [-0.05, 0) is 36.6 Å². The monoisotopic (exact) mass is 266 g/mol. The van der Waals surface area contributed by atoms with Crippen molar-refractivity contribution in [2.75, 3.05) is 13.4 Å². The van der Waals surface area contributed by atoms with Gasteiger partial charge in [0, 0.05) is 10.8 Å². The summed E-state index contributed by atoms with van der Waals surface area (Å²) in [5.41, 5.74) is 1.05. The SMILES string of the molecule is COc1c(SC)cccc1C(CC(=O)O)C1CC1. The molecule has 1 aliphatic rings. The van der Waals surface area contributed by atoms with Crippen LogP contribution in [0.4, 0.5) is 0 Å². The van der Waals surface area contributed by atoms with E-state index in [1.54, 1.807) is 18.9 Å². The minimum Gasteiger partial charge on any atom is -0.495 e. The second kappa shape index (κ2) is 5.65. The van der Waals surface area contributed by atoms with Gasteiger partial charge in [-0.15, -0.1) is 11.8 Å². The fourth-order valence-corrected chi connectivity index (χ4v) is 3.02. The maximum atomic E-state index is 11.0. The lowest BCUT2D eigenvalue weighted by Gasteiger charge is -2.19. The zero-order chi connectivity index (χ0) is 13.1. The van der Waals surface area contributed by atoms with E-state index in [2.05, 4.69) is 0 Å². The Morgan fingerprint density at radius 1 is 1.56 bits per heavy atom. The van der Waals surface area contributed by atoms with E-state index in [1.165, 1.54) is 0 Å². The van der Waals surface area contributed by atoms with E-state index in [-0.39, 0.29) is 12.3 Å². The van der Waals surface area contributed by atoms with Crippen LogP contribution in [0.2, 0.25) is 0 Å². The molecule has 98 valence electrons. The Morgan fingerprint density at radius 3 is 2.78 bits per heavy atom. The van der Waals surface area contributed by atoms with Gasteiger partial charge >= 0.3 is 5.97 Å². The summed E-state index contributed by atoms with van der Waals surface area (Å²) in [7, 11) is 1.66. The first-order chi connectivity index (χ1) is 8.67. The highest BCUT2D eigenvalue weighted by Gasteiger charge is 2.35. The van der Waals surface area contributed by atoms with Crippen molar-refractivity contribution in [2.24, 2.45) is 5.92 Å². The highest BCUT2D eigenvalue weighted by molar-refractivity contribution is 7.98. The molecule has 1 aromatic rings. The lowest BCUT2D eigenvalue weighted by Crippen LogP contribution is -2.10. The third-order valence-corrected chi connectivity index (χ3v) is 4.18. The Bertz CT molecular complexity index is 441. The van der Waals surface area contributed by atoms with Crippen LogP contribution in [0, 0.1) is 5.92 Å². The zero-order valence-corrected chi connectivity index (χ0v) is 11.5. The number of rotatable bonds is 6. The normalized spacial score (nSPS) is 16.3. The first-order valence-corrected chi connectivity index (χ1v) is 7.32. The van der Waals surface area contributed by atoms with Gasteiger partial charge < -0.3 is 9.84 Å². The molecule has 1 aromatic carbocycles. The molecule has 0 bridgehead atoms. The lowest BCUT2D eigenvalue weighted by molar-refractivity contribution is -0.137. The van der Waals surface area contributed by atoms with Gasteiger partial charge in [-0.25, -0.2) is 0 Å². The summed E-state index contributed by atoms with van der Waals surface area (Å²) in [6.07, 6.45) is 4.46. The van der Waals surface area contributed by atoms with E-state index in [0.717, 1.165) is 29.1 Å². The molecule has 1 aliphatic carbocycles. The maximum Gasteiger partial charge on any atom is 0.303 e. The minimum absolute atomic E-state index is 0.0875. The fourth-order valence-electron chi connectivity index (χ4n) is 2.42.